The summed E-state index contributed by atoms with van der Waals surface area (Å²) >= 11 is 3.38. The van der Waals surface area contributed by atoms with Crippen molar-refractivity contribution in [3.05, 3.63) is 42.0 Å². The number of rotatable bonds is 7. The second-order valence-electron chi connectivity index (χ2n) is 3.78. The minimum atomic E-state index is -0.0207. The highest BCUT2D eigenvalue weighted by Crippen LogP contribution is 2.00. The lowest BCUT2D eigenvalue weighted by Gasteiger charge is -2.00. The number of carbonyl (C=O) groups is 1. The summed E-state index contributed by atoms with van der Waals surface area (Å²) in [5.41, 5.74) is 1.04. The van der Waals surface area contributed by atoms with Crippen LogP contribution in [0.15, 0.2) is 36.4 Å². The van der Waals surface area contributed by atoms with Gasteiger partial charge in [0, 0.05) is 18.0 Å². The Kier molecular flexibility index (Phi) is 7.39. The number of hydrogen-bond donors (Lipinski definition) is 1. The van der Waals surface area contributed by atoms with Crippen LogP contribution in [0.3, 0.4) is 0 Å². The van der Waals surface area contributed by atoms with Gasteiger partial charge in [-0.3, -0.25) is 4.79 Å². The van der Waals surface area contributed by atoms with Gasteiger partial charge in [0.25, 0.3) is 0 Å². The topological polar surface area (TPSA) is 29.1 Å². The van der Waals surface area contributed by atoms with Crippen molar-refractivity contribution in [3.63, 3.8) is 0 Å². The van der Waals surface area contributed by atoms with Crippen molar-refractivity contribution < 1.29 is 4.79 Å². The molecule has 3 heteroatoms. The maximum Gasteiger partial charge on any atom is 0.243 e. The Labute approximate surface area is 111 Å². The Balaban J connectivity index is 2.19. The molecule has 0 spiro atoms. The molecule has 92 valence electrons. The van der Waals surface area contributed by atoms with Crippen LogP contribution in [0.5, 0.6) is 0 Å². The molecule has 0 unspecified atom stereocenters. The fourth-order valence-electron chi connectivity index (χ4n) is 1.40. The second kappa shape index (κ2) is 8.99. The SMILES string of the molecule is O=C(C=Cc1ccccc1)NCCCCCBr. The van der Waals surface area contributed by atoms with E-state index in [0.717, 1.165) is 36.7 Å². The normalized spacial score (nSPS) is 10.6. The second-order valence-corrected chi connectivity index (χ2v) is 4.58. The average Bonchev–Trinajstić information content (AvgIpc) is 2.37. The van der Waals surface area contributed by atoms with E-state index in [1.165, 1.54) is 0 Å². The van der Waals surface area contributed by atoms with E-state index >= 15 is 0 Å². The molecule has 1 amide bonds. The van der Waals surface area contributed by atoms with Crippen LogP contribution in [-0.2, 0) is 4.79 Å². The molecular formula is C14H18BrNO. The van der Waals surface area contributed by atoms with Crippen LogP contribution in [0, 0.1) is 0 Å². The molecular weight excluding hydrogens is 278 g/mol. The van der Waals surface area contributed by atoms with E-state index in [4.69, 9.17) is 0 Å². The highest BCUT2D eigenvalue weighted by Gasteiger charge is 1.94. The summed E-state index contributed by atoms with van der Waals surface area (Å²) in [6, 6.07) is 9.82. The molecule has 1 aromatic carbocycles. The van der Waals surface area contributed by atoms with Gasteiger partial charge in [0.1, 0.15) is 0 Å². The molecule has 0 aromatic heterocycles. The fraction of sp³-hybridized carbons (Fsp3) is 0.357. The van der Waals surface area contributed by atoms with Gasteiger partial charge in [-0.15, -0.1) is 0 Å². The average molecular weight is 296 g/mol. The Morgan fingerprint density at radius 2 is 1.94 bits per heavy atom. The van der Waals surface area contributed by atoms with Gasteiger partial charge in [-0.25, -0.2) is 0 Å². The van der Waals surface area contributed by atoms with Crippen molar-refractivity contribution in [2.24, 2.45) is 0 Å². The molecule has 17 heavy (non-hydrogen) atoms. The molecule has 1 aromatic rings. The van der Waals surface area contributed by atoms with Crippen LogP contribution < -0.4 is 5.32 Å². The van der Waals surface area contributed by atoms with Crippen molar-refractivity contribution in [1.29, 1.82) is 0 Å². The molecule has 0 bridgehead atoms. The van der Waals surface area contributed by atoms with Crippen molar-refractivity contribution in [3.8, 4) is 0 Å². The molecule has 2 nitrogen and oxygen atoms in total. The fourth-order valence-corrected chi connectivity index (χ4v) is 1.80. The predicted molar refractivity (Wildman–Crippen MR) is 76.1 cm³/mol. The number of carbonyl (C=O) groups excluding carboxylic acids is 1. The minimum absolute atomic E-state index is 0.0207. The van der Waals surface area contributed by atoms with Gasteiger partial charge in [0.2, 0.25) is 5.91 Å². The lowest BCUT2D eigenvalue weighted by molar-refractivity contribution is -0.116. The van der Waals surface area contributed by atoms with E-state index in [2.05, 4.69) is 21.2 Å². The van der Waals surface area contributed by atoms with Crippen molar-refractivity contribution in [2.45, 2.75) is 19.3 Å². The molecule has 1 rings (SSSR count). The highest BCUT2D eigenvalue weighted by molar-refractivity contribution is 9.09. The number of hydrogen-bond acceptors (Lipinski definition) is 1. The summed E-state index contributed by atoms with van der Waals surface area (Å²) in [6.45, 7) is 0.755. The third kappa shape index (κ3) is 6.95. The van der Waals surface area contributed by atoms with Gasteiger partial charge in [-0.1, -0.05) is 52.7 Å². The zero-order valence-electron chi connectivity index (χ0n) is 9.86. The monoisotopic (exact) mass is 295 g/mol. The zero-order chi connectivity index (χ0) is 12.3. The summed E-state index contributed by atoms with van der Waals surface area (Å²) in [4.78, 5) is 11.4. The molecule has 0 saturated heterocycles. The Bertz CT molecular complexity index is 348. The quantitative estimate of drug-likeness (QED) is 0.466. The lowest BCUT2D eigenvalue weighted by atomic mass is 10.2. The number of benzene rings is 1. The minimum Gasteiger partial charge on any atom is -0.353 e. The summed E-state index contributed by atoms with van der Waals surface area (Å²) in [5, 5.41) is 3.91. The summed E-state index contributed by atoms with van der Waals surface area (Å²) in [6.07, 6.45) is 6.76. The number of alkyl halides is 1. The standard InChI is InChI=1S/C14H18BrNO/c15-11-5-2-6-12-16-14(17)10-9-13-7-3-1-4-8-13/h1,3-4,7-10H,2,5-6,11-12H2,(H,16,17). The van der Waals surface area contributed by atoms with E-state index in [-0.39, 0.29) is 5.91 Å². The molecule has 0 fully saturated rings. The smallest absolute Gasteiger partial charge is 0.243 e. The number of nitrogens with one attached hydrogen (secondary N) is 1. The predicted octanol–water partition coefficient (Wildman–Crippen LogP) is 3.38. The van der Waals surface area contributed by atoms with E-state index < -0.39 is 0 Å². The van der Waals surface area contributed by atoms with Gasteiger partial charge in [-0.05, 0) is 24.5 Å². The zero-order valence-corrected chi connectivity index (χ0v) is 11.4. The lowest BCUT2D eigenvalue weighted by Crippen LogP contribution is -2.21. The first-order valence-corrected chi connectivity index (χ1v) is 7.02. The van der Waals surface area contributed by atoms with Gasteiger partial charge in [0.15, 0.2) is 0 Å². The maximum atomic E-state index is 11.4. The van der Waals surface area contributed by atoms with Crippen molar-refractivity contribution in [2.75, 3.05) is 11.9 Å². The first kappa shape index (κ1) is 14.0. The summed E-state index contributed by atoms with van der Waals surface area (Å²) in [5.74, 6) is -0.0207. The van der Waals surface area contributed by atoms with Crippen molar-refractivity contribution in [1.82, 2.24) is 5.32 Å². The number of amides is 1. The molecule has 1 N–H and O–H groups in total. The van der Waals surface area contributed by atoms with Crippen LogP contribution in [-0.4, -0.2) is 17.8 Å². The molecule has 0 saturated carbocycles. The third-order valence-corrected chi connectivity index (χ3v) is 2.90. The molecule has 0 aliphatic rings. The third-order valence-electron chi connectivity index (χ3n) is 2.34. The van der Waals surface area contributed by atoms with Gasteiger partial charge in [-0.2, -0.15) is 0 Å². The molecule has 0 radical (unpaired) electrons. The summed E-state index contributed by atoms with van der Waals surface area (Å²) in [7, 11) is 0. The Morgan fingerprint density at radius 1 is 1.18 bits per heavy atom. The first-order valence-electron chi connectivity index (χ1n) is 5.90. The van der Waals surface area contributed by atoms with Crippen LogP contribution in [0.1, 0.15) is 24.8 Å². The molecule has 0 aliphatic heterocycles. The molecule has 0 atom stereocenters. The van der Waals surface area contributed by atoms with E-state index in [0.29, 0.717) is 0 Å². The van der Waals surface area contributed by atoms with Crippen LogP contribution >= 0.6 is 15.9 Å². The van der Waals surface area contributed by atoms with Crippen LogP contribution in [0.4, 0.5) is 0 Å². The Morgan fingerprint density at radius 3 is 2.65 bits per heavy atom. The van der Waals surface area contributed by atoms with Crippen molar-refractivity contribution >= 4 is 27.9 Å². The highest BCUT2D eigenvalue weighted by atomic mass is 79.9. The Hall–Kier alpha value is -1.09. The van der Waals surface area contributed by atoms with E-state index in [1.54, 1.807) is 6.08 Å². The first-order chi connectivity index (χ1) is 8.33. The van der Waals surface area contributed by atoms with Gasteiger partial charge in [0.05, 0.1) is 0 Å². The largest absolute Gasteiger partial charge is 0.353 e. The van der Waals surface area contributed by atoms with Gasteiger partial charge < -0.3 is 5.32 Å². The molecule has 0 aliphatic carbocycles. The van der Waals surface area contributed by atoms with Crippen LogP contribution in [0.25, 0.3) is 6.08 Å². The van der Waals surface area contributed by atoms with Gasteiger partial charge >= 0.3 is 0 Å². The van der Waals surface area contributed by atoms with Crippen LogP contribution in [0.2, 0.25) is 0 Å². The maximum absolute atomic E-state index is 11.4. The summed E-state index contributed by atoms with van der Waals surface area (Å²) < 4.78 is 0. The number of unbranched alkanes of at least 4 members (excludes halogenated alkanes) is 2. The van der Waals surface area contributed by atoms with E-state index in [1.807, 2.05) is 36.4 Å². The number of halogens is 1. The molecule has 0 heterocycles. The van der Waals surface area contributed by atoms with E-state index in [9.17, 15) is 4.79 Å².